The predicted molar refractivity (Wildman–Crippen MR) is 121 cm³/mol. The summed E-state index contributed by atoms with van der Waals surface area (Å²) in [4.78, 5) is 0. The van der Waals surface area contributed by atoms with E-state index in [0.29, 0.717) is 17.4 Å². The van der Waals surface area contributed by atoms with Gasteiger partial charge in [0, 0.05) is 5.54 Å². The van der Waals surface area contributed by atoms with Crippen molar-refractivity contribution in [3.8, 4) is 0 Å². The molecule has 0 amide bonds. The zero-order chi connectivity index (χ0) is 19.8. The molecule has 2 aliphatic rings. The first-order valence-electron chi connectivity index (χ1n) is 9.57. The quantitative estimate of drug-likeness (QED) is 0.331. The van der Waals surface area contributed by atoms with Gasteiger partial charge in [0.25, 0.3) is 0 Å². The van der Waals surface area contributed by atoms with Gasteiger partial charge in [-0.1, -0.05) is 29.2 Å². The highest BCUT2D eigenvalue weighted by molar-refractivity contribution is 6.94. The van der Waals surface area contributed by atoms with Crippen LogP contribution in [0.15, 0.2) is 49.0 Å². The highest BCUT2D eigenvalue weighted by Gasteiger charge is 2.61. The Kier molecular flexibility index (Phi) is 6.44. The standard InChI is InChI=1S/C19H36O3Si4/c1-10-23(4,5)20-26(21-24(6,7)11-2,22-25(8,9)12-3)19-16-17-13-14-18(19)15-17/h10-14,17-19H,1-3,15-16H2,4-9H3. The van der Waals surface area contributed by atoms with Crippen LogP contribution in [0.4, 0.5) is 0 Å². The van der Waals surface area contributed by atoms with Gasteiger partial charge < -0.3 is 12.3 Å². The SMILES string of the molecule is C=C[Si](C)(C)O[Si](O[Si](C)(C)C=C)(O[Si](C)(C)C=C)C1CC2C=CC1C2. The average molecular weight is 425 g/mol. The molecule has 3 atom stereocenters. The molecule has 0 saturated heterocycles. The van der Waals surface area contributed by atoms with E-state index in [1.807, 2.05) is 17.1 Å². The molecule has 1 fully saturated rings. The zero-order valence-corrected chi connectivity index (χ0v) is 21.4. The summed E-state index contributed by atoms with van der Waals surface area (Å²) in [5, 5.41) is 0. The molecule has 0 aromatic heterocycles. The maximum absolute atomic E-state index is 6.94. The first kappa shape index (κ1) is 22.0. The van der Waals surface area contributed by atoms with Gasteiger partial charge in [-0.2, -0.15) is 0 Å². The Morgan fingerprint density at radius 2 is 1.15 bits per heavy atom. The molecule has 0 radical (unpaired) electrons. The van der Waals surface area contributed by atoms with Crippen LogP contribution in [0.5, 0.6) is 0 Å². The van der Waals surface area contributed by atoms with Crippen LogP contribution in [0.3, 0.4) is 0 Å². The molecular formula is C19H36O3Si4. The Bertz CT molecular complexity index is 543. The summed E-state index contributed by atoms with van der Waals surface area (Å²) < 4.78 is 20.8. The fourth-order valence-electron chi connectivity index (χ4n) is 3.70. The molecule has 0 aromatic carbocycles. The van der Waals surface area contributed by atoms with E-state index in [2.05, 4.69) is 71.2 Å². The maximum Gasteiger partial charge on any atom is 0.474 e. The van der Waals surface area contributed by atoms with Gasteiger partial charge in [-0.05, 0) is 64.0 Å². The molecule has 3 nitrogen and oxygen atoms in total. The Balaban J connectivity index is 2.53. The van der Waals surface area contributed by atoms with Crippen molar-refractivity contribution < 1.29 is 12.3 Å². The number of fused-ring (bicyclic) bond motifs is 2. The lowest BCUT2D eigenvalue weighted by Crippen LogP contribution is -2.64. The maximum atomic E-state index is 6.94. The van der Waals surface area contributed by atoms with Crippen LogP contribution in [0, 0.1) is 11.8 Å². The van der Waals surface area contributed by atoms with E-state index in [-0.39, 0.29) is 0 Å². The number of hydrogen-bond acceptors (Lipinski definition) is 3. The van der Waals surface area contributed by atoms with E-state index in [4.69, 9.17) is 12.3 Å². The van der Waals surface area contributed by atoms with Crippen molar-refractivity contribution in [1.82, 2.24) is 0 Å². The van der Waals surface area contributed by atoms with Crippen molar-refractivity contribution in [3.63, 3.8) is 0 Å². The third kappa shape index (κ3) is 4.95. The van der Waals surface area contributed by atoms with Crippen molar-refractivity contribution in [2.75, 3.05) is 0 Å². The first-order chi connectivity index (χ1) is 11.9. The van der Waals surface area contributed by atoms with Gasteiger partial charge in [0.1, 0.15) is 0 Å². The van der Waals surface area contributed by atoms with E-state index in [1.54, 1.807) is 0 Å². The topological polar surface area (TPSA) is 27.7 Å². The highest BCUT2D eigenvalue weighted by Crippen LogP contribution is 2.54. The molecule has 2 bridgehead atoms. The van der Waals surface area contributed by atoms with Crippen molar-refractivity contribution in [3.05, 3.63) is 49.0 Å². The van der Waals surface area contributed by atoms with Crippen LogP contribution >= 0.6 is 0 Å². The Labute approximate surface area is 164 Å². The van der Waals surface area contributed by atoms with Crippen LogP contribution in [0.2, 0.25) is 44.8 Å². The van der Waals surface area contributed by atoms with Crippen LogP contribution < -0.4 is 0 Å². The van der Waals surface area contributed by atoms with Gasteiger partial charge in [0.05, 0.1) is 0 Å². The second-order valence-electron chi connectivity index (χ2n) is 9.22. The van der Waals surface area contributed by atoms with Gasteiger partial charge in [-0.25, -0.2) is 0 Å². The van der Waals surface area contributed by atoms with Crippen LogP contribution in [-0.2, 0) is 12.3 Å². The van der Waals surface area contributed by atoms with Crippen molar-refractivity contribution in [2.24, 2.45) is 11.8 Å². The summed E-state index contributed by atoms with van der Waals surface area (Å²) in [5.74, 6) is 1.15. The lowest BCUT2D eigenvalue weighted by atomic mass is 10.1. The van der Waals surface area contributed by atoms with Gasteiger partial charge in [-0.15, -0.1) is 19.7 Å². The molecule has 1 saturated carbocycles. The first-order valence-corrected chi connectivity index (χ1v) is 20.3. The van der Waals surface area contributed by atoms with Gasteiger partial charge in [0.2, 0.25) is 25.0 Å². The van der Waals surface area contributed by atoms with Gasteiger partial charge in [0.15, 0.2) is 0 Å². The largest absolute Gasteiger partial charge is 0.474 e. The van der Waals surface area contributed by atoms with E-state index in [1.165, 1.54) is 6.42 Å². The lowest BCUT2D eigenvalue weighted by Gasteiger charge is -2.47. The van der Waals surface area contributed by atoms with Crippen LogP contribution in [-0.4, -0.2) is 33.8 Å². The van der Waals surface area contributed by atoms with Crippen LogP contribution in [0.1, 0.15) is 12.8 Å². The summed E-state index contributed by atoms with van der Waals surface area (Å²) in [6.45, 7) is 25.2. The summed E-state index contributed by atoms with van der Waals surface area (Å²) in [6, 6.07) is 0. The Morgan fingerprint density at radius 3 is 1.42 bits per heavy atom. The summed E-state index contributed by atoms with van der Waals surface area (Å²) in [6.07, 6.45) is 7.04. The van der Waals surface area contributed by atoms with Crippen molar-refractivity contribution in [1.29, 1.82) is 0 Å². The summed E-state index contributed by atoms with van der Waals surface area (Å²) in [7, 11) is -9.28. The molecule has 2 rings (SSSR count). The predicted octanol–water partition coefficient (Wildman–Crippen LogP) is 5.73. The molecule has 0 aromatic rings. The third-order valence-corrected chi connectivity index (χ3v) is 19.7. The second kappa shape index (κ2) is 7.61. The lowest BCUT2D eigenvalue weighted by molar-refractivity contribution is 0.229. The normalized spacial score (nSPS) is 26.2. The van der Waals surface area contributed by atoms with E-state index in [0.717, 1.165) is 6.42 Å². The van der Waals surface area contributed by atoms with Gasteiger partial charge >= 0.3 is 8.80 Å². The average Bonchev–Trinajstić information content (AvgIpc) is 3.17. The highest BCUT2D eigenvalue weighted by atomic mass is 28.5. The minimum Gasteiger partial charge on any atom is -0.413 e. The number of allylic oxidation sites excluding steroid dienone is 2. The van der Waals surface area contributed by atoms with E-state index < -0.39 is 33.8 Å². The summed E-state index contributed by atoms with van der Waals surface area (Å²) in [5.41, 5.74) is 6.32. The minimum atomic E-state index is -2.97. The fourth-order valence-corrected chi connectivity index (χ4v) is 18.3. The summed E-state index contributed by atoms with van der Waals surface area (Å²) >= 11 is 0. The molecule has 0 spiro atoms. The Morgan fingerprint density at radius 1 is 0.731 bits per heavy atom. The van der Waals surface area contributed by atoms with Gasteiger partial charge in [-0.3, -0.25) is 0 Å². The molecule has 146 valence electrons. The third-order valence-electron chi connectivity index (χ3n) is 5.42. The number of hydrogen-bond donors (Lipinski definition) is 0. The van der Waals surface area contributed by atoms with Crippen molar-refractivity contribution in [2.45, 2.75) is 57.7 Å². The second-order valence-corrected chi connectivity index (χ2v) is 24.5. The molecule has 7 heteroatoms. The minimum absolute atomic E-state index is 0.336. The number of rotatable bonds is 10. The van der Waals surface area contributed by atoms with E-state index >= 15 is 0 Å². The van der Waals surface area contributed by atoms with Crippen molar-refractivity contribution >= 4 is 33.8 Å². The fraction of sp³-hybridized carbons (Fsp3) is 0.579. The molecule has 2 aliphatic carbocycles. The monoisotopic (exact) mass is 424 g/mol. The smallest absolute Gasteiger partial charge is 0.413 e. The Hall–Kier alpha value is -0.292. The zero-order valence-electron chi connectivity index (χ0n) is 17.4. The molecule has 0 heterocycles. The molecule has 26 heavy (non-hydrogen) atoms. The molecule has 3 unspecified atom stereocenters. The van der Waals surface area contributed by atoms with E-state index in [9.17, 15) is 0 Å². The molecule has 0 aliphatic heterocycles. The molecule has 0 N–H and O–H groups in total. The van der Waals surface area contributed by atoms with Crippen LogP contribution in [0.25, 0.3) is 0 Å². The molecular weight excluding hydrogens is 389 g/mol.